The van der Waals surface area contributed by atoms with E-state index in [1.54, 1.807) is 18.2 Å². The first-order valence-corrected chi connectivity index (χ1v) is 9.87. The number of hydrogen-bond donors (Lipinski definition) is 2. The number of alkyl halides is 3. The van der Waals surface area contributed by atoms with Crippen LogP contribution in [0.3, 0.4) is 0 Å². The van der Waals surface area contributed by atoms with Gasteiger partial charge in [-0.05, 0) is 29.8 Å². The van der Waals surface area contributed by atoms with Gasteiger partial charge in [0.15, 0.2) is 0 Å². The van der Waals surface area contributed by atoms with E-state index in [1.165, 1.54) is 22.2 Å². The number of carbonyl (C=O) groups is 2. The fourth-order valence-electron chi connectivity index (χ4n) is 2.68. The highest BCUT2D eigenvalue weighted by Gasteiger charge is 2.69. The molecular formula is C17H13ClF3N3O4S. The van der Waals surface area contributed by atoms with Crippen molar-refractivity contribution in [2.24, 2.45) is 0 Å². The van der Waals surface area contributed by atoms with Crippen LogP contribution in [-0.4, -0.2) is 37.1 Å². The average molecular weight is 448 g/mol. The number of urea groups is 1. The van der Waals surface area contributed by atoms with Gasteiger partial charge in [-0.15, -0.1) is 0 Å². The molecular weight excluding hydrogens is 435 g/mol. The summed E-state index contributed by atoms with van der Waals surface area (Å²) in [6.45, 7) is -0.466. The molecule has 0 aromatic heterocycles. The molecule has 154 valence electrons. The Balaban J connectivity index is 1.98. The molecule has 1 fully saturated rings. The van der Waals surface area contributed by atoms with E-state index in [0.29, 0.717) is 10.5 Å². The van der Waals surface area contributed by atoms with E-state index in [0.717, 1.165) is 24.3 Å². The summed E-state index contributed by atoms with van der Waals surface area (Å²) in [4.78, 5) is 24.5. The number of amides is 3. The Morgan fingerprint density at radius 2 is 1.62 bits per heavy atom. The highest BCUT2D eigenvalue weighted by Crippen LogP contribution is 2.35. The topological polar surface area (TPSA) is 95.6 Å². The van der Waals surface area contributed by atoms with Crippen LogP contribution in [0.5, 0.6) is 0 Å². The quantitative estimate of drug-likeness (QED) is 0.689. The maximum Gasteiger partial charge on any atom is 0.435 e. The van der Waals surface area contributed by atoms with E-state index in [1.807, 2.05) is 0 Å². The molecule has 3 amide bonds. The normalized spacial score (nSPS) is 20.1. The molecule has 0 unspecified atom stereocenters. The Labute approximate surface area is 168 Å². The molecule has 0 aliphatic carbocycles. The summed E-state index contributed by atoms with van der Waals surface area (Å²) in [6.07, 6.45) is -5.45. The van der Waals surface area contributed by atoms with Crippen LogP contribution in [0, 0.1) is 0 Å². The van der Waals surface area contributed by atoms with E-state index in [2.05, 4.69) is 0 Å². The summed E-state index contributed by atoms with van der Waals surface area (Å²) in [5, 5.41) is 1.62. The lowest BCUT2D eigenvalue weighted by Gasteiger charge is -2.29. The number of nitrogens with one attached hydrogen (secondary N) is 2. The second-order valence-electron chi connectivity index (χ2n) is 6.11. The number of carbonyl (C=O) groups excluding carboxylic acids is 2. The summed E-state index contributed by atoms with van der Waals surface area (Å²) in [7, 11) is -4.85. The molecule has 1 aliphatic heterocycles. The average Bonchev–Trinajstić information content (AvgIpc) is 2.87. The number of imide groups is 1. The minimum absolute atomic E-state index is 0.161. The largest absolute Gasteiger partial charge is 0.435 e. The third-order valence-electron chi connectivity index (χ3n) is 4.13. The molecule has 1 atom stereocenters. The van der Waals surface area contributed by atoms with Gasteiger partial charge in [-0.3, -0.25) is 9.69 Å². The summed E-state index contributed by atoms with van der Waals surface area (Å²) >= 11 is 5.66. The van der Waals surface area contributed by atoms with Crippen LogP contribution in [0.1, 0.15) is 5.56 Å². The van der Waals surface area contributed by atoms with Gasteiger partial charge in [-0.2, -0.15) is 17.9 Å². The van der Waals surface area contributed by atoms with Crippen molar-refractivity contribution in [3.63, 3.8) is 0 Å². The maximum absolute atomic E-state index is 13.9. The predicted molar refractivity (Wildman–Crippen MR) is 96.1 cm³/mol. The lowest BCUT2D eigenvalue weighted by atomic mass is 10.1. The lowest BCUT2D eigenvalue weighted by molar-refractivity contribution is -0.198. The Bertz CT molecular complexity index is 1050. The lowest BCUT2D eigenvalue weighted by Crippen LogP contribution is -2.69. The summed E-state index contributed by atoms with van der Waals surface area (Å²) in [5.41, 5.74) is -3.45. The molecule has 1 aliphatic rings. The van der Waals surface area contributed by atoms with Crippen molar-refractivity contribution < 1.29 is 31.2 Å². The van der Waals surface area contributed by atoms with Gasteiger partial charge in [0, 0.05) is 5.02 Å². The van der Waals surface area contributed by atoms with Crippen molar-refractivity contribution in [1.29, 1.82) is 0 Å². The van der Waals surface area contributed by atoms with Crippen molar-refractivity contribution in [2.75, 3.05) is 0 Å². The van der Waals surface area contributed by atoms with Crippen LogP contribution in [0.15, 0.2) is 59.5 Å². The van der Waals surface area contributed by atoms with Gasteiger partial charge >= 0.3 is 12.2 Å². The Hall–Kier alpha value is -2.63. The number of rotatable bonds is 5. The van der Waals surface area contributed by atoms with Crippen LogP contribution in [0.25, 0.3) is 0 Å². The fourth-order valence-corrected chi connectivity index (χ4v) is 4.07. The molecule has 29 heavy (non-hydrogen) atoms. The molecule has 0 saturated carbocycles. The smallest absolute Gasteiger partial charge is 0.303 e. The fraction of sp³-hybridized carbons (Fsp3) is 0.176. The number of hydrogen-bond acceptors (Lipinski definition) is 4. The third kappa shape index (κ3) is 3.93. The molecule has 1 saturated heterocycles. The SMILES string of the molecule is O=C1N[C@@](NS(=O)(=O)c2ccc(Cl)cc2)(C(F)(F)F)C(=O)N1Cc1ccccc1. The standard InChI is InChI=1S/C17H13ClF3N3O4S/c18-12-6-8-13(9-7-12)29(27,28)23-16(17(19,20)21)14(25)24(15(26)22-16)10-11-4-2-1-3-5-11/h1-9,23H,10H2,(H,22,26)/t16-/m0/s1. The maximum atomic E-state index is 13.9. The molecule has 0 bridgehead atoms. The van der Waals surface area contributed by atoms with Gasteiger partial charge in [0.25, 0.3) is 11.6 Å². The van der Waals surface area contributed by atoms with Gasteiger partial charge in [0.1, 0.15) is 0 Å². The van der Waals surface area contributed by atoms with Crippen molar-refractivity contribution in [1.82, 2.24) is 14.9 Å². The number of nitrogens with zero attached hydrogens (tertiary/aromatic N) is 1. The van der Waals surface area contributed by atoms with Crippen molar-refractivity contribution in [2.45, 2.75) is 23.3 Å². The number of halogens is 4. The zero-order valence-corrected chi connectivity index (χ0v) is 16.0. The zero-order valence-electron chi connectivity index (χ0n) is 14.4. The molecule has 0 spiro atoms. The van der Waals surface area contributed by atoms with E-state index in [-0.39, 0.29) is 5.02 Å². The van der Waals surface area contributed by atoms with Crippen LogP contribution >= 0.6 is 11.6 Å². The van der Waals surface area contributed by atoms with Gasteiger partial charge < -0.3 is 5.32 Å². The number of sulfonamides is 1. The van der Waals surface area contributed by atoms with Gasteiger partial charge in [0.05, 0.1) is 11.4 Å². The Morgan fingerprint density at radius 1 is 1.03 bits per heavy atom. The van der Waals surface area contributed by atoms with Crippen LogP contribution in [0.2, 0.25) is 5.02 Å². The summed E-state index contributed by atoms with van der Waals surface area (Å²) in [5.74, 6) is -1.78. The summed E-state index contributed by atoms with van der Waals surface area (Å²) < 4.78 is 67.9. The first-order valence-electron chi connectivity index (χ1n) is 8.00. The van der Waals surface area contributed by atoms with Crippen molar-refractivity contribution in [3.05, 3.63) is 65.2 Å². The molecule has 1 heterocycles. The van der Waals surface area contributed by atoms with Gasteiger partial charge in [-0.25, -0.2) is 13.2 Å². The van der Waals surface area contributed by atoms with E-state index in [9.17, 15) is 31.2 Å². The van der Waals surface area contributed by atoms with Crippen LogP contribution < -0.4 is 10.0 Å². The zero-order chi connectivity index (χ0) is 21.4. The third-order valence-corrected chi connectivity index (χ3v) is 5.85. The van der Waals surface area contributed by atoms with E-state index in [4.69, 9.17) is 11.6 Å². The Kier molecular flexibility index (Phi) is 5.32. The second-order valence-corrected chi connectivity index (χ2v) is 8.23. The highest BCUT2D eigenvalue weighted by atomic mass is 35.5. The first-order chi connectivity index (χ1) is 13.5. The van der Waals surface area contributed by atoms with E-state index >= 15 is 0 Å². The molecule has 3 rings (SSSR count). The molecule has 2 aromatic carbocycles. The Morgan fingerprint density at radius 3 is 2.17 bits per heavy atom. The molecule has 12 heteroatoms. The van der Waals surface area contributed by atoms with Crippen LogP contribution in [0.4, 0.5) is 18.0 Å². The van der Waals surface area contributed by atoms with Crippen molar-refractivity contribution >= 4 is 33.6 Å². The minimum Gasteiger partial charge on any atom is -0.303 e. The monoisotopic (exact) mass is 447 g/mol. The minimum atomic E-state index is -5.45. The predicted octanol–water partition coefficient (Wildman–Crippen LogP) is 2.63. The second kappa shape index (κ2) is 7.32. The number of benzene rings is 2. The molecule has 7 nitrogen and oxygen atoms in total. The molecule has 2 N–H and O–H groups in total. The first kappa shape index (κ1) is 21.1. The van der Waals surface area contributed by atoms with E-state index < -0.39 is 45.2 Å². The van der Waals surface area contributed by atoms with Gasteiger partial charge in [0.2, 0.25) is 10.0 Å². The molecule has 2 aromatic rings. The van der Waals surface area contributed by atoms with Crippen LogP contribution in [-0.2, 0) is 21.4 Å². The summed E-state index contributed by atoms with van der Waals surface area (Å²) in [6, 6.07) is 10.7. The van der Waals surface area contributed by atoms with Crippen molar-refractivity contribution in [3.8, 4) is 0 Å². The van der Waals surface area contributed by atoms with Gasteiger partial charge in [-0.1, -0.05) is 41.9 Å². The molecule has 0 radical (unpaired) electrons. The highest BCUT2D eigenvalue weighted by molar-refractivity contribution is 7.89.